The summed E-state index contributed by atoms with van der Waals surface area (Å²) in [5, 5.41) is 6.80. The van der Waals surface area contributed by atoms with Gasteiger partial charge in [0.05, 0.1) is 12.6 Å². The molecule has 2 N–H and O–H groups in total. The van der Waals surface area contributed by atoms with Gasteiger partial charge in [-0.3, -0.25) is 4.79 Å². The zero-order valence-electron chi connectivity index (χ0n) is 12.1. The van der Waals surface area contributed by atoms with E-state index >= 15 is 0 Å². The van der Waals surface area contributed by atoms with Gasteiger partial charge in [0.2, 0.25) is 5.91 Å². The Bertz CT molecular complexity index is 451. The fraction of sp³-hybridized carbons (Fsp3) is 0.533. The molecule has 2 rings (SSSR count). The van der Waals surface area contributed by atoms with Crippen LogP contribution in [0.15, 0.2) is 24.3 Å². The molecule has 0 aliphatic carbocycles. The number of carbonyl (C=O) groups is 1. The molecule has 1 aliphatic rings. The van der Waals surface area contributed by atoms with Crippen LogP contribution in [-0.2, 0) is 4.79 Å². The molecule has 0 spiro atoms. The second-order valence-corrected chi connectivity index (χ2v) is 5.57. The number of hydrogen-bond acceptors (Lipinski definition) is 3. The lowest BCUT2D eigenvalue weighted by molar-refractivity contribution is -0.124. The van der Waals surface area contributed by atoms with E-state index in [9.17, 15) is 4.79 Å². The minimum Gasteiger partial charge on any atom is -0.489 e. The second-order valence-electron chi connectivity index (χ2n) is 5.13. The normalized spacial score (nSPS) is 19.2. The molecule has 1 saturated heterocycles. The van der Waals surface area contributed by atoms with E-state index in [1.54, 1.807) is 12.1 Å². The smallest absolute Gasteiger partial charge is 0.237 e. The molecule has 118 valence electrons. The molecule has 4 nitrogen and oxygen atoms in total. The first-order valence-corrected chi connectivity index (χ1v) is 7.46. The minimum atomic E-state index is -0.0963. The Labute approximate surface area is 137 Å². The SMILES string of the molecule is CC(CNC(=O)C1CCCCN1)Oc1cccc(Cl)c1.Cl. The van der Waals surface area contributed by atoms with Crippen LogP contribution in [0.5, 0.6) is 5.75 Å². The van der Waals surface area contributed by atoms with Crippen molar-refractivity contribution in [1.82, 2.24) is 10.6 Å². The second kappa shape index (κ2) is 9.13. The Morgan fingerprint density at radius 2 is 2.33 bits per heavy atom. The highest BCUT2D eigenvalue weighted by molar-refractivity contribution is 6.30. The van der Waals surface area contributed by atoms with E-state index in [0.29, 0.717) is 11.6 Å². The van der Waals surface area contributed by atoms with Crippen molar-refractivity contribution < 1.29 is 9.53 Å². The van der Waals surface area contributed by atoms with Gasteiger partial charge in [-0.15, -0.1) is 12.4 Å². The van der Waals surface area contributed by atoms with Crippen molar-refractivity contribution in [2.45, 2.75) is 38.3 Å². The Balaban J connectivity index is 0.00000220. The Hall–Kier alpha value is -0.970. The fourth-order valence-electron chi connectivity index (χ4n) is 2.26. The van der Waals surface area contributed by atoms with Crippen molar-refractivity contribution in [1.29, 1.82) is 0 Å². The third-order valence-electron chi connectivity index (χ3n) is 3.32. The van der Waals surface area contributed by atoms with E-state index in [-0.39, 0.29) is 30.5 Å². The van der Waals surface area contributed by atoms with Crippen LogP contribution in [0.25, 0.3) is 0 Å². The first-order valence-electron chi connectivity index (χ1n) is 7.08. The minimum absolute atomic E-state index is 0. The molecule has 0 bridgehead atoms. The predicted molar refractivity (Wildman–Crippen MR) is 87.4 cm³/mol. The van der Waals surface area contributed by atoms with Gasteiger partial charge >= 0.3 is 0 Å². The first kappa shape index (κ1) is 18.1. The molecular formula is C15H22Cl2N2O2. The highest BCUT2D eigenvalue weighted by Gasteiger charge is 2.20. The third-order valence-corrected chi connectivity index (χ3v) is 3.56. The standard InChI is InChI=1S/C15H21ClN2O2.ClH/c1-11(20-13-6-4-5-12(16)9-13)10-18-15(19)14-7-2-3-8-17-14;/h4-6,9,11,14,17H,2-3,7-8,10H2,1H3,(H,18,19);1H. The average Bonchev–Trinajstić information content (AvgIpc) is 2.46. The zero-order valence-corrected chi connectivity index (χ0v) is 13.7. The number of benzene rings is 1. The lowest BCUT2D eigenvalue weighted by atomic mass is 10.0. The van der Waals surface area contributed by atoms with Gasteiger partial charge in [0.1, 0.15) is 11.9 Å². The van der Waals surface area contributed by atoms with Crippen LogP contribution in [0.3, 0.4) is 0 Å². The molecule has 0 aromatic heterocycles. The lowest BCUT2D eigenvalue weighted by Crippen LogP contribution is -2.48. The van der Waals surface area contributed by atoms with Crippen molar-refractivity contribution in [3.63, 3.8) is 0 Å². The van der Waals surface area contributed by atoms with Crippen molar-refractivity contribution in [3.8, 4) is 5.75 Å². The van der Waals surface area contributed by atoms with E-state index in [2.05, 4.69) is 10.6 Å². The average molecular weight is 333 g/mol. The molecule has 0 radical (unpaired) electrons. The number of carbonyl (C=O) groups excluding carboxylic acids is 1. The van der Waals surface area contributed by atoms with Crippen LogP contribution in [0, 0.1) is 0 Å². The summed E-state index contributed by atoms with van der Waals surface area (Å²) in [6, 6.07) is 7.21. The van der Waals surface area contributed by atoms with Crippen LogP contribution < -0.4 is 15.4 Å². The van der Waals surface area contributed by atoms with Crippen molar-refractivity contribution in [2.75, 3.05) is 13.1 Å². The van der Waals surface area contributed by atoms with Crippen LogP contribution in [0.1, 0.15) is 26.2 Å². The number of piperidine rings is 1. The summed E-state index contributed by atoms with van der Waals surface area (Å²) < 4.78 is 5.71. The first-order chi connectivity index (χ1) is 9.65. The molecule has 0 saturated carbocycles. The Morgan fingerprint density at radius 1 is 1.52 bits per heavy atom. The molecule has 2 unspecified atom stereocenters. The van der Waals surface area contributed by atoms with Crippen LogP contribution in [-0.4, -0.2) is 31.1 Å². The molecule has 1 aliphatic heterocycles. The number of rotatable bonds is 5. The maximum atomic E-state index is 12.0. The van der Waals surface area contributed by atoms with Gasteiger partial charge in [-0.25, -0.2) is 0 Å². The third kappa shape index (κ3) is 6.12. The Kier molecular flexibility index (Phi) is 7.86. The number of halogens is 2. The summed E-state index contributed by atoms with van der Waals surface area (Å²) in [6.07, 6.45) is 3.08. The largest absolute Gasteiger partial charge is 0.489 e. The van der Waals surface area contributed by atoms with Gasteiger partial charge < -0.3 is 15.4 Å². The van der Waals surface area contributed by atoms with Gasteiger partial charge in [0.25, 0.3) is 0 Å². The van der Waals surface area contributed by atoms with Gasteiger partial charge in [-0.2, -0.15) is 0 Å². The van der Waals surface area contributed by atoms with Gasteiger partial charge in [0, 0.05) is 5.02 Å². The molecular weight excluding hydrogens is 311 g/mol. The molecule has 1 amide bonds. The molecule has 21 heavy (non-hydrogen) atoms. The summed E-state index contributed by atoms with van der Waals surface area (Å²) in [5.41, 5.74) is 0. The zero-order chi connectivity index (χ0) is 14.4. The summed E-state index contributed by atoms with van der Waals surface area (Å²) in [6.45, 7) is 3.34. The van der Waals surface area contributed by atoms with Crippen LogP contribution in [0.4, 0.5) is 0 Å². The molecule has 1 aromatic rings. The molecule has 1 aromatic carbocycles. The van der Waals surface area contributed by atoms with E-state index in [4.69, 9.17) is 16.3 Å². The number of ether oxygens (including phenoxy) is 1. The summed E-state index contributed by atoms with van der Waals surface area (Å²) in [4.78, 5) is 12.0. The molecule has 6 heteroatoms. The van der Waals surface area contributed by atoms with Crippen molar-refractivity contribution in [2.24, 2.45) is 0 Å². The quantitative estimate of drug-likeness (QED) is 0.871. The summed E-state index contributed by atoms with van der Waals surface area (Å²) in [5.74, 6) is 0.779. The summed E-state index contributed by atoms with van der Waals surface area (Å²) >= 11 is 5.90. The van der Waals surface area contributed by atoms with Crippen molar-refractivity contribution >= 4 is 29.9 Å². The Morgan fingerprint density at radius 3 is 3.00 bits per heavy atom. The monoisotopic (exact) mass is 332 g/mol. The highest BCUT2D eigenvalue weighted by Crippen LogP contribution is 2.18. The topological polar surface area (TPSA) is 50.4 Å². The van der Waals surface area contributed by atoms with Gasteiger partial charge in [-0.1, -0.05) is 24.1 Å². The summed E-state index contributed by atoms with van der Waals surface area (Å²) in [7, 11) is 0. The number of amides is 1. The molecule has 1 heterocycles. The van der Waals surface area contributed by atoms with Crippen molar-refractivity contribution in [3.05, 3.63) is 29.3 Å². The fourth-order valence-corrected chi connectivity index (χ4v) is 2.44. The van der Waals surface area contributed by atoms with E-state index in [1.165, 1.54) is 0 Å². The number of hydrogen-bond donors (Lipinski definition) is 2. The molecule has 1 fully saturated rings. The van der Waals surface area contributed by atoms with Gasteiger partial charge in [-0.05, 0) is 44.5 Å². The van der Waals surface area contributed by atoms with E-state index in [1.807, 2.05) is 19.1 Å². The number of nitrogens with one attached hydrogen (secondary N) is 2. The molecule has 2 atom stereocenters. The van der Waals surface area contributed by atoms with Crippen LogP contribution >= 0.6 is 24.0 Å². The van der Waals surface area contributed by atoms with E-state index < -0.39 is 0 Å². The maximum Gasteiger partial charge on any atom is 0.237 e. The van der Waals surface area contributed by atoms with E-state index in [0.717, 1.165) is 31.6 Å². The van der Waals surface area contributed by atoms with Gasteiger partial charge in [0.15, 0.2) is 0 Å². The predicted octanol–water partition coefficient (Wildman–Crippen LogP) is 2.79. The highest BCUT2D eigenvalue weighted by atomic mass is 35.5. The lowest BCUT2D eigenvalue weighted by Gasteiger charge is -2.23. The maximum absolute atomic E-state index is 12.0. The van der Waals surface area contributed by atoms with Crippen LogP contribution in [0.2, 0.25) is 5.02 Å².